The summed E-state index contributed by atoms with van der Waals surface area (Å²) in [5, 5.41) is 9.69. The number of rotatable bonds is 3. The number of aromatic nitrogens is 3. The molecule has 1 aliphatic heterocycles. The number of hydrogen-bond acceptors (Lipinski definition) is 5. The van der Waals surface area contributed by atoms with Crippen LogP contribution >= 0.6 is 34.2 Å². The molecule has 2 N–H and O–H groups in total. The van der Waals surface area contributed by atoms with Crippen molar-refractivity contribution in [2.24, 2.45) is 0 Å². The van der Waals surface area contributed by atoms with Crippen LogP contribution in [0.2, 0.25) is 5.02 Å². The van der Waals surface area contributed by atoms with E-state index in [4.69, 9.17) is 11.6 Å². The number of pyridine rings is 1. The molecule has 6 nitrogen and oxygen atoms in total. The van der Waals surface area contributed by atoms with E-state index in [1.807, 2.05) is 34.4 Å². The molecular weight excluding hydrogens is 534 g/mol. The van der Waals surface area contributed by atoms with E-state index >= 15 is 0 Å². The molecular formula is C19H18ClF3IN5O. The number of anilines is 2. The quantitative estimate of drug-likeness (QED) is 0.471. The lowest BCUT2D eigenvalue weighted by atomic mass is 10.2. The fourth-order valence-corrected chi connectivity index (χ4v) is 4.67. The van der Waals surface area contributed by atoms with Crippen molar-refractivity contribution in [3.63, 3.8) is 0 Å². The number of nitrogens with one attached hydrogen (secondary N) is 1. The number of piperazine rings is 1. The van der Waals surface area contributed by atoms with E-state index in [0.717, 1.165) is 12.1 Å². The Hall–Kier alpha value is -1.79. The van der Waals surface area contributed by atoms with Crippen molar-refractivity contribution in [2.75, 3.05) is 29.4 Å². The molecule has 1 aliphatic rings. The fraction of sp³-hybridized carbons (Fsp3) is 0.368. The van der Waals surface area contributed by atoms with Gasteiger partial charge in [0.25, 0.3) is 0 Å². The van der Waals surface area contributed by atoms with Gasteiger partial charge in [0.15, 0.2) is 0 Å². The molecule has 3 heterocycles. The minimum Gasteiger partial charge on any atom is -0.392 e. The maximum Gasteiger partial charge on any atom is 0.416 e. The van der Waals surface area contributed by atoms with Crippen LogP contribution in [-0.2, 0) is 12.8 Å². The molecule has 0 saturated carbocycles. The van der Waals surface area contributed by atoms with Gasteiger partial charge in [-0.05, 0) is 53.3 Å². The molecule has 160 valence electrons. The van der Waals surface area contributed by atoms with Gasteiger partial charge in [0.2, 0.25) is 5.95 Å². The Kier molecular flexibility index (Phi) is 5.75. The van der Waals surface area contributed by atoms with Crippen molar-refractivity contribution in [3.8, 4) is 0 Å². The first kappa shape index (κ1) is 21.4. The molecule has 0 aliphatic carbocycles. The summed E-state index contributed by atoms with van der Waals surface area (Å²) < 4.78 is 39.8. The SMILES string of the molecule is CC1CN(c2ncc(CO)cc2Cl)CCN1c1nc2c(I)cc(C(F)(F)F)cc2[nH]1. The average molecular weight is 552 g/mol. The third-order valence-electron chi connectivity index (χ3n) is 5.11. The van der Waals surface area contributed by atoms with Gasteiger partial charge >= 0.3 is 6.18 Å². The molecule has 1 fully saturated rings. The Bertz CT molecular complexity index is 1090. The summed E-state index contributed by atoms with van der Waals surface area (Å²) in [6.45, 7) is 3.73. The zero-order valence-electron chi connectivity index (χ0n) is 15.8. The van der Waals surface area contributed by atoms with Crippen molar-refractivity contribution in [1.29, 1.82) is 0 Å². The summed E-state index contributed by atoms with van der Waals surface area (Å²) in [5.41, 5.74) is 0.839. The van der Waals surface area contributed by atoms with E-state index in [-0.39, 0.29) is 12.6 Å². The standard InChI is InChI=1S/C19H18ClF3IN5O/c1-10-8-28(17-13(20)4-11(9-30)7-25-17)2-3-29(10)18-26-15-6-12(19(21,22)23)5-14(24)16(15)27-18/h4-7,10,30H,2-3,8-9H2,1H3,(H,26,27). The molecule has 0 bridgehead atoms. The van der Waals surface area contributed by atoms with E-state index in [9.17, 15) is 18.3 Å². The second kappa shape index (κ2) is 8.04. The third-order valence-corrected chi connectivity index (χ3v) is 6.22. The van der Waals surface area contributed by atoms with Crippen LogP contribution in [0.5, 0.6) is 0 Å². The van der Waals surface area contributed by atoms with Gasteiger partial charge in [0.1, 0.15) is 11.3 Å². The minimum atomic E-state index is -4.41. The van der Waals surface area contributed by atoms with Gasteiger partial charge in [0, 0.05) is 35.4 Å². The number of halogens is 5. The molecule has 11 heteroatoms. The summed E-state index contributed by atoms with van der Waals surface area (Å²) in [6.07, 6.45) is -2.81. The Morgan fingerprint density at radius 2 is 2.07 bits per heavy atom. The first-order chi connectivity index (χ1) is 14.2. The number of aromatic amines is 1. The zero-order chi connectivity index (χ0) is 21.6. The monoisotopic (exact) mass is 551 g/mol. The highest BCUT2D eigenvalue weighted by molar-refractivity contribution is 14.1. The number of fused-ring (bicyclic) bond motifs is 1. The molecule has 30 heavy (non-hydrogen) atoms. The number of aliphatic hydroxyl groups is 1. The van der Waals surface area contributed by atoms with Crippen LogP contribution in [-0.4, -0.2) is 45.7 Å². The Balaban J connectivity index is 1.58. The van der Waals surface area contributed by atoms with E-state index in [0.29, 0.717) is 56.6 Å². The Morgan fingerprint density at radius 1 is 1.30 bits per heavy atom. The van der Waals surface area contributed by atoms with E-state index in [2.05, 4.69) is 19.9 Å². The molecule has 4 rings (SSSR count). The van der Waals surface area contributed by atoms with Crippen molar-refractivity contribution in [2.45, 2.75) is 25.7 Å². The summed E-state index contributed by atoms with van der Waals surface area (Å²) in [6, 6.07) is 3.93. The van der Waals surface area contributed by atoms with Crippen LogP contribution in [0.3, 0.4) is 0 Å². The topological polar surface area (TPSA) is 68.3 Å². The van der Waals surface area contributed by atoms with Crippen LogP contribution in [0.1, 0.15) is 18.1 Å². The predicted molar refractivity (Wildman–Crippen MR) is 118 cm³/mol. The lowest BCUT2D eigenvalue weighted by Crippen LogP contribution is -2.52. The molecule has 0 amide bonds. The van der Waals surface area contributed by atoms with Crippen LogP contribution < -0.4 is 9.80 Å². The summed E-state index contributed by atoms with van der Waals surface area (Å²) in [7, 11) is 0. The number of hydrogen-bond donors (Lipinski definition) is 2. The molecule has 1 unspecified atom stereocenters. The van der Waals surface area contributed by atoms with Crippen molar-refractivity contribution in [1.82, 2.24) is 15.0 Å². The Labute approximate surface area is 189 Å². The van der Waals surface area contributed by atoms with Crippen molar-refractivity contribution >= 4 is 57.0 Å². The van der Waals surface area contributed by atoms with Gasteiger partial charge in [-0.3, -0.25) is 0 Å². The first-order valence-electron chi connectivity index (χ1n) is 9.20. The maximum absolute atomic E-state index is 13.1. The third kappa shape index (κ3) is 4.04. The maximum atomic E-state index is 13.1. The molecule has 2 aromatic heterocycles. The molecule has 1 aromatic carbocycles. The smallest absolute Gasteiger partial charge is 0.392 e. The number of nitrogens with zero attached hydrogens (tertiary/aromatic N) is 4. The number of imidazole rings is 1. The van der Waals surface area contributed by atoms with Crippen LogP contribution in [0.4, 0.5) is 24.9 Å². The second-order valence-electron chi connectivity index (χ2n) is 7.21. The highest BCUT2D eigenvalue weighted by atomic mass is 127. The van der Waals surface area contributed by atoms with E-state index < -0.39 is 11.7 Å². The van der Waals surface area contributed by atoms with Gasteiger partial charge in [-0.2, -0.15) is 13.2 Å². The van der Waals surface area contributed by atoms with Crippen molar-refractivity contribution in [3.05, 3.63) is 44.1 Å². The lowest BCUT2D eigenvalue weighted by molar-refractivity contribution is -0.137. The van der Waals surface area contributed by atoms with Crippen LogP contribution in [0, 0.1) is 3.57 Å². The average Bonchev–Trinajstić information content (AvgIpc) is 3.11. The van der Waals surface area contributed by atoms with Gasteiger partial charge < -0.3 is 19.9 Å². The molecule has 0 spiro atoms. The lowest BCUT2D eigenvalue weighted by Gasteiger charge is -2.40. The number of alkyl halides is 3. The fourth-order valence-electron chi connectivity index (χ4n) is 3.62. The number of H-pyrrole nitrogens is 1. The van der Waals surface area contributed by atoms with E-state index in [1.54, 1.807) is 12.3 Å². The molecule has 3 aromatic rings. The highest BCUT2D eigenvalue weighted by Gasteiger charge is 2.32. The van der Waals surface area contributed by atoms with Gasteiger partial charge in [-0.15, -0.1) is 0 Å². The molecule has 1 saturated heterocycles. The minimum absolute atomic E-state index is 0.0226. The normalized spacial score (nSPS) is 17.8. The van der Waals surface area contributed by atoms with Crippen LogP contribution in [0.25, 0.3) is 11.0 Å². The summed E-state index contributed by atoms with van der Waals surface area (Å²) >= 11 is 8.21. The van der Waals surface area contributed by atoms with E-state index in [1.165, 1.54) is 0 Å². The van der Waals surface area contributed by atoms with Crippen molar-refractivity contribution < 1.29 is 18.3 Å². The molecule has 0 radical (unpaired) electrons. The van der Waals surface area contributed by atoms with Gasteiger partial charge in [-0.25, -0.2) is 9.97 Å². The van der Waals surface area contributed by atoms with Gasteiger partial charge in [-0.1, -0.05) is 11.6 Å². The Morgan fingerprint density at radius 3 is 2.70 bits per heavy atom. The number of benzene rings is 1. The van der Waals surface area contributed by atoms with Gasteiger partial charge in [0.05, 0.1) is 22.7 Å². The zero-order valence-corrected chi connectivity index (χ0v) is 18.8. The highest BCUT2D eigenvalue weighted by Crippen LogP contribution is 2.34. The molecule has 1 atom stereocenters. The first-order valence-corrected chi connectivity index (χ1v) is 10.7. The summed E-state index contributed by atoms with van der Waals surface area (Å²) in [5.74, 6) is 1.19. The summed E-state index contributed by atoms with van der Waals surface area (Å²) in [4.78, 5) is 16.1. The predicted octanol–water partition coefficient (Wildman–Crippen LogP) is 4.44. The van der Waals surface area contributed by atoms with Crippen LogP contribution in [0.15, 0.2) is 24.4 Å². The largest absolute Gasteiger partial charge is 0.416 e. The second-order valence-corrected chi connectivity index (χ2v) is 8.78. The number of aliphatic hydroxyl groups excluding tert-OH is 1.